The second kappa shape index (κ2) is 6.87. The number of hydrogen-bond donors (Lipinski definition) is 2. The van der Waals surface area contributed by atoms with E-state index in [0.717, 1.165) is 22.8 Å². The van der Waals surface area contributed by atoms with Gasteiger partial charge in [-0.15, -0.1) is 0 Å². The first-order valence-corrected chi connectivity index (χ1v) is 8.38. The lowest BCUT2D eigenvalue weighted by atomic mass is 9.97. The molecule has 3 aromatic rings. The van der Waals surface area contributed by atoms with Crippen molar-refractivity contribution in [2.24, 2.45) is 0 Å². The second-order valence-electron chi connectivity index (χ2n) is 6.24. The van der Waals surface area contributed by atoms with Crippen LogP contribution in [0.25, 0.3) is 10.9 Å². The Bertz CT molecular complexity index is 1160. The second-order valence-corrected chi connectivity index (χ2v) is 6.65. The first-order valence-electron chi connectivity index (χ1n) is 8.00. The van der Waals surface area contributed by atoms with E-state index < -0.39 is 46.4 Å². The smallest absolute Gasteiger partial charge is 0.310 e. The van der Waals surface area contributed by atoms with Gasteiger partial charge in [0.25, 0.3) is 5.91 Å². The van der Waals surface area contributed by atoms with Gasteiger partial charge in [-0.25, -0.2) is 13.2 Å². The summed E-state index contributed by atoms with van der Waals surface area (Å²) in [5, 5.41) is 18.4. The summed E-state index contributed by atoms with van der Waals surface area (Å²) >= 11 is 5.61. The van der Waals surface area contributed by atoms with Crippen molar-refractivity contribution >= 4 is 34.4 Å². The zero-order valence-corrected chi connectivity index (χ0v) is 15.3. The molecule has 1 heterocycles. The number of aromatic nitrogens is 1. The molecule has 0 bridgehead atoms. The van der Waals surface area contributed by atoms with Crippen LogP contribution in [0.4, 0.5) is 13.2 Å². The number of fused-ring (bicyclic) bond motifs is 1. The van der Waals surface area contributed by atoms with Crippen LogP contribution in [0, 0.1) is 24.4 Å². The molecule has 0 saturated carbocycles. The van der Waals surface area contributed by atoms with Crippen LogP contribution in [0.15, 0.2) is 24.3 Å². The van der Waals surface area contributed by atoms with E-state index in [4.69, 9.17) is 11.6 Å². The molecule has 3 rings (SSSR count). The van der Waals surface area contributed by atoms with Crippen LogP contribution in [0.3, 0.4) is 0 Å². The Balaban J connectivity index is 2.39. The van der Waals surface area contributed by atoms with Gasteiger partial charge >= 0.3 is 5.97 Å². The zero-order valence-electron chi connectivity index (χ0n) is 14.6. The number of hydrogen-bond acceptors (Lipinski definition) is 3. The van der Waals surface area contributed by atoms with Gasteiger partial charge in [-0.1, -0.05) is 11.6 Å². The Labute approximate surface area is 161 Å². The minimum atomic E-state index is -1.38. The number of rotatable bonds is 3. The average Bonchev–Trinajstić information content (AvgIpc) is 2.92. The Morgan fingerprint density at radius 1 is 1.14 bits per heavy atom. The van der Waals surface area contributed by atoms with Crippen molar-refractivity contribution in [1.29, 1.82) is 0 Å². The predicted octanol–water partition coefficient (Wildman–Crippen LogP) is 4.60. The molecule has 0 aliphatic heterocycles. The largest absolute Gasteiger partial charge is 0.503 e. The van der Waals surface area contributed by atoms with Crippen molar-refractivity contribution in [3.05, 3.63) is 63.6 Å². The van der Waals surface area contributed by atoms with Crippen LogP contribution < -0.4 is 0 Å². The molecule has 0 aliphatic rings. The zero-order chi connectivity index (χ0) is 20.9. The molecule has 28 heavy (non-hydrogen) atoms. The lowest BCUT2D eigenvalue weighted by Crippen LogP contribution is -2.15. The fourth-order valence-corrected chi connectivity index (χ4v) is 3.30. The fraction of sp³-hybridized carbons (Fsp3) is 0.158. The highest BCUT2D eigenvalue weighted by Crippen LogP contribution is 2.38. The molecule has 5 nitrogen and oxygen atoms in total. The molecule has 0 radical (unpaired) electrons. The van der Waals surface area contributed by atoms with Gasteiger partial charge in [0.05, 0.1) is 16.5 Å². The Hall–Kier alpha value is -3.00. The standard InChI is InChI=1S/C19H13ClF3NO4/c1-7(19(27)28)14-8(2)24(13-6-12(22)17(25)16(23)15(13)14)18(26)9-3-4-10(20)11(21)5-9/h3-7,25H,1-2H3,(H,27,28). The molecule has 0 fully saturated rings. The Kier molecular flexibility index (Phi) is 4.84. The van der Waals surface area contributed by atoms with Gasteiger partial charge < -0.3 is 10.2 Å². The molecular weight excluding hydrogens is 399 g/mol. The lowest BCUT2D eigenvalue weighted by molar-refractivity contribution is -0.138. The van der Waals surface area contributed by atoms with Gasteiger partial charge in [0, 0.05) is 22.7 Å². The third-order valence-corrected chi connectivity index (χ3v) is 4.89. The van der Waals surface area contributed by atoms with Crippen LogP contribution >= 0.6 is 11.6 Å². The van der Waals surface area contributed by atoms with Crippen molar-refractivity contribution < 1.29 is 33.0 Å². The highest BCUT2D eigenvalue weighted by Gasteiger charge is 2.30. The van der Waals surface area contributed by atoms with Crippen molar-refractivity contribution in [2.75, 3.05) is 0 Å². The molecule has 0 aliphatic carbocycles. The topological polar surface area (TPSA) is 79.5 Å². The molecule has 2 N–H and O–H groups in total. The van der Waals surface area contributed by atoms with Crippen LogP contribution in [0.2, 0.25) is 5.02 Å². The van der Waals surface area contributed by atoms with Gasteiger partial charge in [0.1, 0.15) is 5.82 Å². The summed E-state index contributed by atoms with van der Waals surface area (Å²) in [7, 11) is 0. The summed E-state index contributed by atoms with van der Waals surface area (Å²) in [6.07, 6.45) is 0. The normalized spacial score (nSPS) is 12.4. The molecule has 0 spiro atoms. The number of phenols is 1. The number of aromatic hydroxyl groups is 1. The molecule has 146 valence electrons. The number of aliphatic carboxylic acids is 1. The number of halogens is 4. The van der Waals surface area contributed by atoms with E-state index in [2.05, 4.69) is 0 Å². The van der Waals surface area contributed by atoms with Gasteiger partial charge in [-0.3, -0.25) is 14.2 Å². The van der Waals surface area contributed by atoms with Crippen molar-refractivity contribution in [3.8, 4) is 5.75 Å². The molecule has 1 unspecified atom stereocenters. The predicted molar refractivity (Wildman–Crippen MR) is 95.4 cm³/mol. The molecular formula is C19H13ClF3NO4. The third kappa shape index (κ3) is 2.90. The van der Waals surface area contributed by atoms with E-state index >= 15 is 0 Å². The first-order chi connectivity index (χ1) is 13.1. The molecule has 0 amide bonds. The van der Waals surface area contributed by atoms with E-state index in [-0.39, 0.29) is 27.4 Å². The Morgan fingerprint density at radius 3 is 2.36 bits per heavy atom. The number of benzene rings is 2. The minimum absolute atomic E-state index is 0.0224. The number of phenolic OH excluding ortho intramolecular Hbond substituents is 1. The van der Waals surface area contributed by atoms with E-state index in [9.17, 15) is 33.0 Å². The van der Waals surface area contributed by atoms with Crippen molar-refractivity contribution in [2.45, 2.75) is 19.8 Å². The van der Waals surface area contributed by atoms with Gasteiger partial charge in [-0.2, -0.15) is 0 Å². The summed E-state index contributed by atoms with van der Waals surface area (Å²) < 4.78 is 43.3. The van der Waals surface area contributed by atoms with Crippen LogP contribution in [0.5, 0.6) is 5.75 Å². The average molecular weight is 412 g/mol. The quantitative estimate of drug-likeness (QED) is 0.660. The van der Waals surface area contributed by atoms with Gasteiger partial charge in [0.2, 0.25) is 0 Å². The molecule has 2 aromatic carbocycles. The van der Waals surface area contributed by atoms with Crippen LogP contribution in [-0.2, 0) is 4.79 Å². The van der Waals surface area contributed by atoms with Crippen molar-refractivity contribution in [1.82, 2.24) is 4.57 Å². The SMILES string of the molecule is Cc1c(C(C)C(=O)O)c2c(F)c(O)c(F)cc2n1C(=O)c1ccc(Cl)c(F)c1. The molecule has 1 atom stereocenters. The first kappa shape index (κ1) is 19.8. The van der Waals surface area contributed by atoms with E-state index in [0.29, 0.717) is 0 Å². The summed E-state index contributed by atoms with van der Waals surface area (Å²) in [6.45, 7) is 2.62. The minimum Gasteiger partial charge on any atom is -0.503 e. The van der Waals surface area contributed by atoms with Crippen LogP contribution in [-0.4, -0.2) is 26.7 Å². The maximum absolute atomic E-state index is 14.6. The number of carboxylic acid groups (broad SMARTS) is 1. The molecule has 9 heteroatoms. The third-order valence-electron chi connectivity index (χ3n) is 4.58. The van der Waals surface area contributed by atoms with Gasteiger partial charge in [-0.05, 0) is 37.6 Å². The van der Waals surface area contributed by atoms with E-state index in [1.807, 2.05) is 0 Å². The van der Waals surface area contributed by atoms with Gasteiger partial charge in [0.15, 0.2) is 17.4 Å². The monoisotopic (exact) mass is 411 g/mol. The summed E-state index contributed by atoms with van der Waals surface area (Å²) in [5.74, 6) is -8.27. The summed E-state index contributed by atoms with van der Waals surface area (Å²) in [4.78, 5) is 24.4. The highest BCUT2D eigenvalue weighted by molar-refractivity contribution is 6.30. The number of nitrogens with zero attached hydrogens (tertiary/aromatic N) is 1. The maximum atomic E-state index is 14.6. The molecule has 1 aromatic heterocycles. The Morgan fingerprint density at radius 2 is 1.79 bits per heavy atom. The van der Waals surface area contributed by atoms with Crippen molar-refractivity contribution in [3.63, 3.8) is 0 Å². The summed E-state index contributed by atoms with van der Waals surface area (Å²) in [6, 6.07) is 3.97. The van der Waals surface area contributed by atoms with Crippen LogP contribution in [0.1, 0.15) is 34.5 Å². The van der Waals surface area contributed by atoms with E-state index in [1.54, 1.807) is 0 Å². The molecule has 0 saturated heterocycles. The summed E-state index contributed by atoms with van der Waals surface area (Å²) in [5.41, 5.74) is -0.522. The highest BCUT2D eigenvalue weighted by atomic mass is 35.5. The number of carboxylic acids is 1. The number of carbonyl (C=O) groups is 2. The lowest BCUT2D eigenvalue weighted by Gasteiger charge is -2.10. The number of carbonyl (C=O) groups excluding carboxylic acids is 1. The fourth-order valence-electron chi connectivity index (χ4n) is 3.18. The maximum Gasteiger partial charge on any atom is 0.310 e. The van der Waals surface area contributed by atoms with E-state index in [1.165, 1.54) is 19.9 Å².